The molecule has 17 rings (SSSR count). The van der Waals surface area contributed by atoms with Gasteiger partial charge in [0, 0.05) is 65.8 Å². The fraction of sp³-hybridized carbons (Fsp3) is 0.0526. The summed E-state index contributed by atoms with van der Waals surface area (Å²) in [6, 6.07) is 88.8. The van der Waals surface area contributed by atoms with Crippen molar-refractivity contribution in [2.24, 2.45) is 0 Å². The third-order valence-electron chi connectivity index (χ3n) is 17.7. The van der Waals surface area contributed by atoms with Crippen LogP contribution >= 0.6 is 0 Å². The molecule has 12 aromatic carbocycles. The van der Waals surface area contributed by atoms with Crippen molar-refractivity contribution in [3.8, 4) is 90.3 Å². The Morgan fingerprint density at radius 2 is 0.405 bits per heavy atom. The van der Waals surface area contributed by atoms with Crippen molar-refractivity contribution >= 4 is 87.2 Å². The smallest absolute Gasteiger partial charge is 0.119 e. The fourth-order valence-electron chi connectivity index (χ4n) is 13.9. The summed E-state index contributed by atoms with van der Waals surface area (Å²) in [5, 5.41) is 9.20. The highest BCUT2D eigenvalue weighted by molar-refractivity contribution is 6.14. The van der Waals surface area contributed by atoms with E-state index in [1.54, 1.807) is 28.4 Å². The normalized spacial score (nSPS) is 12.0. The lowest BCUT2D eigenvalue weighted by atomic mass is 9.80. The van der Waals surface area contributed by atoms with Crippen molar-refractivity contribution in [1.29, 1.82) is 0 Å². The van der Waals surface area contributed by atoms with Crippen LogP contribution in [0.25, 0.3) is 154 Å². The molecule has 400 valence electrons. The van der Waals surface area contributed by atoms with Gasteiger partial charge in [-0.1, -0.05) is 97.1 Å². The maximum absolute atomic E-state index is 5.82. The molecule has 0 atom stereocenters. The van der Waals surface area contributed by atoms with E-state index in [1.807, 2.05) is 0 Å². The van der Waals surface area contributed by atoms with Crippen LogP contribution in [0.5, 0.6) is 23.0 Å². The predicted molar refractivity (Wildman–Crippen MR) is 345 cm³/mol. The molecule has 8 nitrogen and oxygen atoms in total. The molecule has 0 aliphatic heterocycles. The second-order valence-corrected chi connectivity index (χ2v) is 21.9. The average Bonchev–Trinajstić information content (AvgIpc) is 2.60. The van der Waals surface area contributed by atoms with Gasteiger partial charge in [0.1, 0.15) is 23.0 Å². The first kappa shape index (κ1) is 47.8. The van der Waals surface area contributed by atoms with Gasteiger partial charge in [-0.05, 0) is 190 Å². The van der Waals surface area contributed by atoms with Gasteiger partial charge in [0.15, 0.2) is 0 Å². The van der Waals surface area contributed by atoms with E-state index in [2.05, 4.69) is 261 Å². The van der Waals surface area contributed by atoms with E-state index >= 15 is 0 Å². The van der Waals surface area contributed by atoms with Gasteiger partial charge in [-0.15, -0.1) is 0 Å². The Balaban J connectivity index is 0.991. The van der Waals surface area contributed by atoms with Crippen molar-refractivity contribution in [1.82, 2.24) is 18.3 Å². The van der Waals surface area contributed by atoms with Gasteiger partial charge in [0.05, 0.1) is 72.6 Å². The molecule has 8 heteroatoms. The van der Waals surface area contributed by atoms with E-state index in [0.717, 1.165) is 177 Å². The number of rotatable bonds is 8. The van der Waals surface area contributed by atoms with Gasteiger partial charge in [-0.2, -0.15) is 0 Å². The van der Waals surface area contributed by atoms with Crippen LogP contribution in [0, 0.1) is 0 Å². The zero-order chi connectivity index (χ0) is 55.9. The summed E-state index contributed by atoms with van der Waals surface area (Å²) in [7, 11) is 6.94. The van der Waals surface area contributed by atoms with E-state index in [-0.39, 0.29) is 0 Å². The minimum Gasteiger partial charge on any atom is -0.497 e. The van der Waals surface area contributed by atoms with Crippen molar-refractivity contribution in [2.45, 2.75) is 0 Å². The van der Waals surface area contributed by atoms with Crippen LogP contribution in [0.2, 0.25) is 0 Å². The number of para-hydroxylation sites is 4. The molecular formula is C76H52N4O4. The van der Waals surface area contributed by atoms with Gasteiger partial charge in [-0.3, -0.25) is 0 Å². The van der Waals surface area contributed by atoms with Crippen LogP contribution in [0.1, 0.15) is 0 Å². The molecule has 1 aliphatic carbocycles. The number of benzene rings is 12. The molecule has 0 radical (unpaired) electrons. The van der Waals surface area contributed by atoms with Gasteiger partial charge < -0.3 is 37.2 Å². The molecular weight excluding hydrogens is 1030 g/mol. The number of methoxy groups -OCH3 is 4. The highest BCUT2D eigenvalue weighted by atomic mass is 16.5. The maximum atomic E-state index is 5.82. The van der Waals surface area contributed by atoms with E-state index in [9.17, 15) is 0 Å². The number of hydrogen-bond donors (Lipinski definition) is 0. The number of ether oxygens (including phenoxy) is 4. The Morgan fingerprint density at radius 1 is 0.190 bits per heavy atom. The summed E-state index contributed by atoms with van der Waals surface area (Å²) < 4.78 is 32.9. The molecule has 0 saturated heterocycles. The highest BCUT2D eigenvalue weighted by Crippen LogP contribution is 2.52. The molecule has 4 heterocycles. The van der Waals surface area contributed by atoms with Crippen molar-refractivity contribution in [3.63, 3.8) is 0 Å². The second-order valence-electron chi connectivity index (χ2n) is 21.9. The topological polar surface area (TPSA) is 56.6 Å². The Morgan fingerprint density at radius 3 is 0.631 bits per heavy atom. The van der Waals surface area contributed by atoms with E-state index in [0.29, 0.717) is 0 Å². The molecule has 0 fully saturated rings. The summed E-state index contributed by atoms with van der Waals surface area (Å²) in [5.41, 5.74) is 22.1. The van der Waals surface area contributed by atoms with Crippen molar-refractivity contribution < 1.29 is 18.9 Å². The Bertz CT molecular complexity index is 4780. The first-order valence-electron chi connectivity index (χ1n) is 28.3. The summed E-state index contributed by atoms with van der Waals surface area (Å²) in [6.07, 6.45) is 0. The third-order valence-corrected chi connectivity index (χ3v) is 17.7. The van der Waals surface area contributed by atoms with Crippen LogP contribution in [-0.2, 0) is 0 Å². The van der Waals surface area contributed by atoms with E-state index in [1.165, 1.54) is 0 Å². The van der Waals surface area contributed by atoms with Crippen LogP contribution < -0.4 is 18.9 Å². The van der Waals surface area contributed by atoms with Crippen LogP contribution in [-0.4, -0.2) is 46.7 Å². The summed E-state index contributed by atoms with van der Waals surface area (Å²) >= 11 is 0. The monoisotopic (exact) mass is 1080 g/mol. The minimum absolute atomic E-state index is 0.824. The number of hydrogen-bond acceptors (Lipinski definition) is 4. The fourth-order valence-corrected chi connectivity index (χ4v) is 13.9. The molecule has 4 aromatic heterocycles. The third kappa shape index (κ3) is 6.88. The highest BCUT2D eigenvalue weighted by Gasteiger charge is 2.28. The Hall–Kier alpha value is -11.0. The summed E-state index contributed by atoms with van der Waals surface area (Å²) in [4.78, 5) is 0. The summed E-state index contributed by atoms with van der Waals surface area (Å²) in [5.74, 6) is 3.30. The number of nitrogens with zero attached hydrogens (tertiary/aromatic N) is 4. The zero-order valence-electron chi connectivity index (χ0n) is 46.5. The summed E-state index contributed by atoms with van der Waals surface area (Å²) in [6.45, 7) is 0. The lowest BCUT2D eigenvalue weighted by molar-refractivity contribution is 0.415. The molecule has 84 heavy (non-hydrogen) atoms. The molecule has 1 aliphatic rings. The molecule has 0 saturated carbocycles. The lowest BCUT2D eigenvalue weighted by Gasteiger charge is -2.26. The van der Waals surface area contributed by atoms with Crippen LogP contribution in [0.15, 0.2) is 243 Å². The van der Waals surface area contributed by atoms with Gasteiger partial charge in [-0.25, -0.2) is 0 Å². The van der Waals surface area contributed by atoms with Gasteiger partial charge >= 0.3 is 0 Å². The minimum atomic E-state index is 0.824. The van der Waals surface area contributed by atoms with E-state index in [4.69, 9.17) is 18.9 Å². The predicted octanol–water partition coefficient (Wildman–Crippen LogP) is 19.1. The molecule has 0 unspecified atom stereocenters. The standard InChI is InChI=1S/C76H52N4O4/c1-81-49-25-33-73-65(41-49)57-13-5-9-17-69(57)77(73)45-21-29-53-54-30-22-47(79-71-19-11-7-15-59(71)67-43-51(83-3)27-35-75(67)79)39-63(54)64-40-48(80-72-20-12-8-16-60(72)68-44-52(84-4)28-36-76(68)80)24-32-56(64)55-31-23-46(38-62(55)61(53)37-45)78-70-18-10-6-14-58(70)66-42-50(82-2)26-34-74(66)78/h5-44H,1-4H3. The molecule has 0 amide bonds. The largest absolute Gasteiger partial charge is 0.497 e. The zero-order valence-corrected chi connectivity index (χ0v) is 46.5. The SMILES string of the molecule is COc1ccc2c(c1)c1ccccc1n2-c1ccc2c(c1)-c1cc(-n3c4ccccc4c4cc(OC)ccc43)ccc1-c1ccc(-n3c4ccccc4c4cc(OC)ccc43)cc1-c1cc(-n3c4ccccc4c4cc(OC)ccc43)ccc1-2. The average molecular weight is 1090 g/mol. The molecule has 0 spiro atoms. The number of aromatic nitrogens is 4. The number of fused-ring (bicyclic) bond motifs is 20. The quantitative estimate of drug-likeness (QED) is 0.152. The second kappa shape index (κ2) is 18.3. The Kier molecular flexibility index (Phi) is 10.4. The van der Waals surface area contributed by atoms with Gasteiger partial charge in [0.25, 0.3) is 0 Å². The lowest BCUT2D eigenvalue weighted by Crippen LogP contribution is -2.04. The Labute approximate surface area is 483 Å². The maximum Gasteiger partial charge on any atom is 0.119 e. The molecule has 16 aromatic rings. The first-order valence-corrected chi connectivity index (χ1v) is 28.3. The van der Waals surface area contributed by atoms with Crippen molar-refractivity contribution in [2.75, 3.05) is 28.4 Å². The first-order chi connectivity index (χ1) is 41.5. The molecule has 0 bridgehead atoms. The van der Waals surface area contributed by atoms with Crippen LogP contribution in [0.4, 0.5) is 0 Å². The van der Waals surface area contributed by atoms with Crippen molar-refractivity contribution in [3.05, 3.63) is 243 Å². The van der Waals surface area contributed by atoms with E-state index < -0.39 is 0 Å². The molecule has 0 N–H and O–H groups in total. The van der Waals surface area contributed by atoms with Crippen LogP contribution in [0.3, 0.4) is 0 Å². The van der Waals surface area contributed by atoms with Gasteiger partial charge in [0.2, 0.25) is 0 Å².